The Morgan fingerprint density at radius 3 is 1.50 bits per heavy atom. The molecule has 30 heavy (non-hydrogen) atoms. The molecule has 2 saturated heterocycles. The summed E-state index contributed by atoms with van der Waals surface area (Å²) in [7, 11) is 0. The van der Waals surface area contributed by atoms with Crippen LogP contribution in [-0.2, 0) is 13.1 Å². The zero-order chi connectivity index (χ0) is 21.4. The van der Waals surface area contributed by atoms with E-state index in [0.717, 1.165) is 48.4 Å². The van der Waals surface area contributed by atoms with Crippen LogP contribution >= 0.6 is 0 Å². The number of nitrogens with zero attached hydrogens (tertiary/aromatic N) is 2. The zero-order valence-electron chi connectivity index (χ0n) is 18.9. The first-order valence-electron chi connectivity index (χ1n) is 11.4. The van der Waals surface area contributed by atoms with Crippen LogP contribution in [0.4, 0.5) is 0 Å². The van der Waals surface area contributed by atoms with Gasteiger partial charge in [0.15, 0.2) is 0 Å². The van der Waals surface area contributed by atoms with Gasteiger partial charge in [0, 0.05) is 36.3 Å². The van der Waals surface area contributed by atoms with Gasteiger partial charge in [-0.1, -0.05) is 35.4 Å². The summed E-state index contributed by atoms with van der Waals surface area (Å²) in [6, 6.07) is 9.40. The smallest absolute Gasteiger partial charge is 0.122 e. The average Bonchev–Trinajstić information content (AvgIpc) is 3.32. The Bertz CT molecular complexity index is 848. The zero-order valence-corrected chi connectivity index (χ0v) is 18.9. The van der Waals surface area contributed by atoms with E-state index in [9.17, 15) is 10.2 Å². The number of likely N-dealkylation sites (tertiary alicyclic amines) is 2. The van der Waals surface area contributed by atoms with Gasteiger partial charge in [0.1, 0.15) is 11.5 Å². The monoisotopic (exact) mass is 408 g/mol. The van der Waals surface area contributed by atoms with Crippen LogP contribution in [-0.4, -0.2) is 45.2 Å². The first-order chi connectivity index (χ1) is 14.3. The molecule has 2 aliphatic heterocycles. The number of phenolic OH excluding ortho intramolecular Hbond substituents is 2. The second-order valence-corrected chi connectivity index (χ2v) is 9.54. The molecule has 2 N–H and O–H groups in total. The maximum atomic E-state index is 10.6. The second kappa shape index (κ2) is 8.60. The van der Waals surface area contributed by atoms with Crippen molar-refractivity contribution in [1.29, 1.82) is 0 Å². The molecule has 0 spiro atoms. The highest BCUT2D eigenvalue weighted by atomic mass is 16.3. The SMILES string of the molecule is Cc1cc(C)c(O)c(CN2CCCC2C2CCCN2Cc2cc(C)cc(C)c2O)c1. The maximum Gasteiger partial charge on any atom is 0.122 e. The molecule has 2 heterocycles. The molecule has 4 nitrogen and oxygen atoms in total. The number of phenols is 2. The van der Waals surface area contributed by atoms with E-state index in [1.54, 1.807) is 0 Å². The highest BCUT2D eigenvalue weighted by Crippen LogP contribution is 2.35. The highest BCUT2D eigenvalue weighted by molar-refractivity contribution is 5.43. The molecule has 4 rings (SSSR count). The third-order valence-corrected chi connectivity index (χ3v) is 7.07. The Hall–Kier alpha value is -2.04. The van der Waals surface area contributed by atoms with Crippen LogP contribution in [0.25, 0.3) is 0 Å². The van der Waals surface area contributed by atoms with Gasteiger partial charge < -0.3 is 10.2 Å². The van der Waals surface area contributed by atoms with E-state index in [1.807, 2.05) is 13.8 Å². The first-order valence-corrected chi connectivity index (χ1v) is 11.4. The molecule has 0 saturated carbocycles. The van der Waals surface area contributed by atoms with Crippen molar-refractivity contribution in [2.24, 2.45) is 0 Å². The Kier molecular flexibility index (Phi) is 6.08. The lowest BCUT2D eigenvalue weighted by Gasteiger charge is -2.35. The van der Waals surface area contributed by atoms with Gasteiger partial charge in [0.05, 0.1) is 0 Å². The van der Waals surface area contributed by atoms with E-state index in [2.05, 4.69) is 47.9 Å². The quantitative estimate of drug-likeness (QED) is 0.734. The van der Waals surface area contributed by atoms with Crippen molar-refractivity contribution in [3.05, 3.63) is 57.6 Å². The van der Waals surface area contributed by atoms with Gasteiger partial charge in [0.2, 0.25) is 0 Å². The molecule has 162 valence electrons. The van der Waals surface area contributed by atoms with Crippen LogP contribution < -0.4 is 0 Å². The summed E-state index contributed by atoms with van der Waals surface area (Å²) < 4.78 is 0. The number of aryl methyl sites for hydroxylation is 4. The first kappa shape index (κ1) is 21.2. The van der Waals surface area contributed by atoms with Gasteiger partial charge in [-0.3, -0.25) is 9.80 Å². The van der Waals surface area contributed by atoms with Crippen molar-refractivity contribution in [3.63, 3.8) is 0 Å². The van der Waals surface area contributed by atoms with E-state index in [-0.39, 0.29) is 0 Å². The lowest BCUT2D eigenvalue weighted by atomic mass is 10.00. The summed E-state index contributed by atoms with van der Waals surface area (Å²) in [5.74, 6) is 0.907. The fraction of sp³-hybridized carbons (Fsp3) is 0.538. The maximum absolute atomic E-state index is 10.6. The van der Waals surface area contributed by atoms with Gasteiger partial charge in [0.25, 0.3) is 0 Å². The Morgan fingerprint density at radius 1 is 0.700 bits per heavy atom. The Balaban J connectivity index is 1.52. The Labute approximate surface area is 181 Å². The van der Waals surface area contributed by atoms with Crippen LogP contribution in [0.15, 0.2) is 24.3 Å². The lowest BCUT2D eigenvalue weighted by Crippen LogP contribution is -2.45. The Morgan fingerprint density at radius 2 is 1.10 bits per heavy atom. The number of rotatable bonds is 5. The molecule has 0 amide bonds. The summed E-state index contributed by atoms with van der Waals surface area (Å²) in [6.45, 7) is 12.0. The van der Waals surface area contributed by atoms with E-state index >= 15 is 0 Å². The molecular formula is C26H36N2O2. The molecule has 0 aliphatic carbocycles. The van der Waals surface area contributed by atoms with Gasteiger partial charge >= 0.3 is 0 Å². The van der Waals surface area contributed by atoms with Crippen molar-refractivity contribution in [2.75, 3.05) is 13.1 Å². The third-order valence-electron chi connectivity index (χ3n) is 7.07. The molecule has 2 atom stereocenters. The predicted octanol–water partition coefficient (Wildman–Crippen LogP) is 4.96. The van der Waals surface area contributed by atoms with Gasteiger partial charge in [-0.2, -0.15) is 0 Å². The van der Waals surface area contributed by atoms with Gasteiger partial charge in [-0.05, 0) is 77.6 Å². The standard InChI is InChI=1S/C26H36N2O2/c1-17-11-19(3)25(29)21(13-17)15-27-9-5-7-23(27)24-8-6-10-28(24)16-22-14-18(2)12-20(4)26(22)30/h11-14,23-24,29-30H,5-10,15-16H2,1-4H3. The largest absolute Gasteiger partial charge is 0.507 e. The minimum atomic E-state index is 0.453. The minimum Gasteiger partial charge on any atom is -0.507 e. The predicted molar refractivity (Wildman–Crippen MR) is 122 cm³/mol. The normalized spacial score (nSPS) is 22.8. The molecule has 2 aromatic carbocycles. The fourth-order valence-corrected chi connectivity index (χ4v) is 5.74. The van der Waals surface area contributed by atoms with Gasteiger partial charge in [-0.15, -0.1) is 0 Å². The summed E-state index contributed by atoms with van der Waals surface area (Å²) >= 11 is 0. The molecule has 0 aromatic heterocycles. The molecule has 2 unspecified atom stereocenters. The third kappa shape index (κ3) is 4.21. The fourth-order valence-electron chi connectivity index (χ4n) is 5.74. The van der Waals surface area contributed by atoms with Crippen LogP contribution in [0.3, 0.4) is 0 Å². The summed E-state index contributed by atoms with van der Waals surface area (Å²) in [5.41, 5.74) is 6.46. The minimum absolute atomic E-state index is 0.453. The molecule has 2 fully saturated rings. The van der Waals surface area contributed by atoms with E-state index in [4.69, 9.17) is 0 Å². The van der Waals surface area contributed by atoms with Crippen LogP contribution in [0.2, 0.25) is 0 Å². The number of hydrogen-bond donors (Lipinski definition) is 2. The number of hydrogen-bond acceptors (Lipinski definition) is 4. The van der Waals surface area contributed by atoms with E-state index in [1.165, 1.54) is 36.8 Å². The molecule has 2 aromatic rings. The molecule has 0 bridgehead atoms. The van der Waals surface area contributed by atoms with Crippen LogP contribution in [0.5, 0.6) is 11.5 Å². The second-order valence-electron chi connectivity index (χ2n) is 9.54. The van der Waals surface area contributed by atoms with Crippen LogP contribution in [0.1, 0.15) is 59.1 Å². The molecule has 2 aliphatic rings. The number of benzene rings is 2. The van der Waals surface area contributed by atoms with Crippen molar-refractivity contribution in [1.82, 2.24) is 9.80 Å². The van der Waals surface area contributed by atoms with Crippen molar-refractivity contribution < 1.29 is 10.2 Å². The van der Waals surface area contributed by atoms with E-state index < -0.39 is 0 Å². The summed E-state index contributed by atoms with van der Waals surface area (Å²) in [5, 5.41) is 21.2. The molecular weight excluding hydrogens is 372 g/mol. The molecule has 0 radical (unpaired) electrons. The van der Waals surface area contributed by atoms with Gasteiger partial charge in [-0.25, -0.2) is 0 Å². The van der Waals surface area contributed by atoms with E-state index in [0.29, 0.717) is 23.6 Å². The highest BCUT2D eigenvalue weighted by Gasteiger charge is 2.38. The van der Waals surface area contributed by atoms with Crippen molar-refractivity contribution in [2.45, 2.75) is 78.6 Å². The van der Waals surface area contributed by atoms with Crippen molar-refractivity contribution in [3.8, 4) is 11.5 Å². The van der Waals surface area contributed by atoms with Crippen molar-refractivity contribution >= 4 is 0 Å². The topological polar surface area (TPSA) is 46.9 Å². The summed E-state index contributed by atoms with van der Waals surface area (Å²) in [4.78, 5) is 5.16. The average molecular weight is 409 g/mol. The summed E-state index contributed by atoms with van der Waals surface area (Å²) in [6.07, 6.45) is 4.86. The lowest BCUT2D eigenvalue weighted by molar-refractivity contribution is 0.123. The van der Waals surface area contributed by atoms with Crippen LogP contribution in [0, 0.1) is 27.7 Å². The molecule has 4 heteroatoms. The number of aromatic hydroxyl groups is 2.